The smallest absolute Gasteiger partial charge is 0.140 e. The zero-order chi connectivity index (χ0) is 6.32. The Bertz CT molecular complexity index is 136. The number of hydrogen-bond donors (Lipinski definition) is 0. The third kappa shape index (κ3) is 0.628. The minimum Gasteiger partial charge on any atom is -0.301 e. The van der Waals surface area contributed by atoms with Crippen LogP contribution in [0, 0.1) is 6.42 Å². The number of carbonyl (C=O) groups is 1. The van der Waals surface area contributed by atoms with E-state index < -0.39 is 0 Å². The van der Waals surface area contributed by atoms with E-state index >= 15 is 0 Å². The molecule has 0 atom stereocenters. The van der Waals surface area contributed by atoms with Crippen LogP contribution in [0.25, 0.3) is 0 Å². The molecule has 1 saturated carbocycles. The van der Waals surface area contributed by atoms with Gasteiger partial charge in [-0.2, -0.15) is 0 Å². The number of rotatable bonds is 2. The largest absolute Gasteiger partial charge is 0.301 e. The molecule has 0 aromatic rings. The standard InChI is InChI=1S/C7H10NO/c9-6-7(2-3-7)8-4-1-5-8/h1,6H,2-5H2. The fourth-order valence-electron chi connectivity index (χ4n) is 1.26. The van der Waals surface area contributed by atoms with Crippen LogP contribution < -0.4 is 0 Å². The van der Waals surface area contributed by atoms with Crippen LogP contribution in [-0.4, -0.2) is 29.8 Å². The Balaban J connectivity index is 2.02. The van der Waals surface area contributed by atoms with E-state index in [1.165, 1.54) is 0 Å². The minimum atomic E-state index is 0.00868. The monoisotopic (exact) mass is 124 g/mol. The molecule has 1 heterocycles. The van der Waals surface area contributed by atoms with Gasteiger partial charge in [0.1, 0.15) is 6.29 Å². The highest BCUT2D eigenvalue weighted by molar-refractivity contribution is 5.69. The summed E-state index contributed by atoms with van der Waals surface area (Å²) in [5.41, 5.74) is 0.00868. The summed E-state index contributed by atoms with van der Waals surface area (Å²) in [6.07, 6.45) is 5.48. The third-order valence-corrected chi connectivity index (χ3v) is 2.31. The molecule has 49 valence electrons. The third-order valence-electron chi connectivity index (χ3n) is 2.31. The van der Waals surface area contributed by atoms with E-state index in [9.17, 15) is 4.79 Å². The van der Waals surface area contributed by atoms with Crippen LogP contribution >= 0.6 is 0 Å². The summed E-state index contributed by atoms with van der Waals surface area (Å²) in [6.45, 7) is 2.05. The van der Waals surface area contributed by atoms with Crippen molar-refractivity contribution in [1.29, 1.82) is 0 Å². The molecule has 2 heteroatoms. The van der Waals surface area contributed by atoms with Crippen molar-refractivity contribution in [2.75, 3.05) is 13.1 Å². The summed E-state index contributed by atoms with van der Waals surface area (Å²) in [6, 6.07) is 0. The predicted molar refractivity (Wildman–Crippen MR) is 33.9 cm³/mol. The predicted octanol–water partition coefficient (Wildman–Crippen LogP) is 0.238. The van der Waals surface area contributed by atoms with Gasteiger partial charge >= 0.3 is 0 Å². The molecule has 0 unspecified atom stereocenters. The van der Waals surface area contributed by atoms with Crippen molar-refractivity contribution >= 4 is 6.29 Å². The number of aldehydes is 1. The van der Waals surface area contributed by atoms with Gasteiger partial charge in [0, 0.05) is 13.1 Å². The summed E-state index contributed by atoms with van der Waals surface area (Å²) in [5.74, 6) is 0. The maximum atomic E-state index is 10.5. The molecule has 2 nitrogen and oxygen atoms in total. The van der Waals surface area contributed by atoms with Crippen molar-refractivity contribution in [2.24, 2.45) is 0 Å². The lowest BCUT2D eigenvalue weighted by atomic mass is 10.1. The van der Waals surface area contributed by atoms with Gasteiger partial charge in [-0.25, -0.2) is 0 Å². The van der Waals surface area contributed by atoms with Crippen molar-refractivity contribution < 1.29 is 4.79 Å². The summed E-state index contributed by atoms with van der Waals surface area (Å²) in [5, 5.41) is 0. The molecule has 0 N–H and O–H groups in total. The number of likely N-dealkylation sites (tertiary alicyclic amines) is 1. The Labute approximate surface area is 54.8 Å². The number of carbonyl (C=O) groups excluding carboxylic acids is 1. The van der Waals surface area contributed by atoms with Crippen LogP contribution in [0.15, 0.2) is 0 Å². The first-order valence-electron chi connectivity index (χ1n) is 3.40. The van der Waals surface area contributed by atoms with Crippen LogP contribution in [0.5, 0.6) is 0 Å². The Morgan fingerprint density at radius 3 is 2.22 bits per heavy atom. The van der Waals surface area contributed by atoms with Crippen LogP contribution in [-0.2, 0) is 4.79 Å². The van der Waals surface area contributed by atoms with E-state index in [0.717, 1.165) is 32.2 Å². The molecule has 0 amide bonds. The van der Waals surface area contributed by atoms with Gasteiger partial charge in [-0.3, -0.25) is 4.90 Å². The number of hydrogen-bond acceptors (Lipinski definition) is 2. The van der Waals surface area contributed by atoms with E-state index in [0.29, 0.717) is 0 Å². The molecule has 2 aliphatic rings. The number of nitrogens with zero attached hydrogens (tertiary/aromatic N) is 1. The molecule has 0 spiro atoms. The molecule has 1 radical (unpaired) electrons. The van der Waals surface area contributed by atoms with Gasteiger partial charge in [0.2, 0.25) is 0 Å². The zero-order valence-electron chi connectivity index (χ0n) is 5.34. The van der Waals surface area contributed by atoms with Crippen molar-refractivity contribution in [2.45, 2.75) is 18.4 Å². The summed E-state index contributed by atoms with van der Waals surface area (Å²) in [4.78, 5) is 12.7. The first kappa shape index (κ1) is 5.42. The van der Waals surface area contributed by atoms with Crippen LogP contribution in [0.4, 0.5) is 0 Å². The van der Waals surface area contributed by atoms with Gasteiger partial charge in [0.05, 0.1) is 5.54 Å². The van der Waals surface area contributed by atoms with E-state index in [1.54, 1.807) is 0 Å². The lowest BCUT2D eigenvalue weighted by Crippen LogP contribution is -2.48. The Morgan fingerprint density at radius 1 is 1.44 bits per heavy atom. The average Bonchev–Trinajstić information content (AvgIpc) is 2.44. The van der Waals surface area contributed by atoms with Gasteiger partial charge < -0.3 is 4.79 Å². The summed E-state index contributed by atoms with van der Waals surface area (Å²) < 4.78 is 0. The zero-order valence-corrected chi connectivity index (χ0v) is 5.34. The lowest BCUT2D eigenvalue weighted by molar-refractivity contribution is -0.114. The topological polar surface area (TPSA) is 20.3 Å². The van der Waals surface area contributed by atoms with Crippen LogP contribution in [0.3, 0.4) is 0 Å². The maximum Gasteiger partial charge on any atom is 0.140 e. The molecule has 0 aromatic carbocycles. The van der Waals surface area contributed by atoms with E-state index in [4.69, 9.17) is 0 Å². The van der Waals surface area contributed by atoms with Crippen molar-refractivity contribution in [3.05, 3.63) is 6.42 Å². The van der Waals surface area contributed by atoms with Gasteiger partial charge in [0.15, 0.2) is 0 Å². The van der Waals surface area contributed by atoms with E-state index in [1.807, 2.05) is 0 Å². The Morgan fingerprint density at radius 2 is 2.11 bits per heavy atom. The second-order valence-electron chi connectivity index (χ2n) is 2.92. The fraction of sp³-hybridized carbons (Fsp3) is 0.714. The molecule has 9 heavy (non-hydrogen) atoms. The average molecular weight is 124 g/mol. The second-order valence-corrected chi connectivity index (χ2v) is 2.92. The Hall–Kier alpha value is -0.370. The molecule has 2 rings (SSSR count). The minimum absolute atomic E-state index is 0.00868. The quantitative estimate of drug-likeness (QED) is 0.491. The maximum absolute atomic E-state index is 10.5. The first-order valence-corrected chi connectivity index (χ1v) is 3.40. The van der Waals surface area contributed by atoms with E-state index in [2.05, 4.69) is 11.3 Å². The van der Waals surface area contributed by atoms with Crippen molar-refractivity contribution in [1.82, 2.24) is 4.90 Å². The first-order chi connectivity index (χ1) is 4.37. The van der Waals surface area contributed by atoms with Crippen molar-refractivity contribution in [3.8, 4) is 0 Å². The highest BCUT2D eigenvalue weighted by Gasteiger charge is 2.49. The summed E-state index contributed by atoms with van der Waals surface area (Å²) in [7, 11) is 0. The highest BCUT2D eigenvalue weighted by atomic mass is 16.1. The molecule has 1 aliphatic carbocycles. The van der Waals surface area contributed by atoms with Gasteiger partial charge in [-0.15, -0.1) is 0 Å². The van der Waals surface area contributed by atoms with Crippen LogP contribution in [0.1, 0.15) is 12.8 Å². The summed E-state index contributed by atoms with van der Waals surface area (Å²) >= 11 is 0. The molecule has 2 fully saturated rings. The van der Waals surface area contributed by atoms with Gasteiger partial charge in [-0.05, 0) is 19.3 Å². The molecule has 1 aliphatic heterocycles. The molecule has 1 saturated heterocycles. The van der Waals surface area contributed by atoms with Crippen molar-refractivity contribution in [3.63, 3.8) is 0 Å². The van der Waals surface area contributed by atoms with Gasteiger partial charge in [0.25, 0.3) is 0 Å². The van der Waals surface area contributed by atoms with E-state index in [-0.39, 0.29) is 5.54 Å². The molecular weight excluding hydrogens is 114 g/mol. The van der Waals surface area contributed by atoms with Crippen LogP contribution in [0.2, 0.25) is 0 Å². The Kier molecular flexibility index (Phi) is 0.943. The molecule has 0 aromatic heterocycles. The second kappa shape index (κ2) is 1.57. The highest BCUT2D eigenvalue weighted by Crippen LogP contribution is 2.41. The molecular formula is C7H10NO. The normalized spacial score (nSPS) is 31.1. The fourth-order valence-corrected chi connectivity index (χ4v) is 1.26. The lowest BCUT2D eigenvalue weighted by Gasteiger charge is -2.35. The van der Waals surface area contributed by atoms with Gasteiger partial charge in [-0.1, -0.05) is 0 Å². The molecule has 0 bridgehead atoms. The SMILES string of the molecule is O=CC1(N2C[CH]C2)CC1.